The zero-order chi connectivity index (χ0) is 14.3. The summed E-state index contributed by atoms with van der Waals surface area (Å²) in [5, 5.41) is 8.41. The van der Waals surface area contributed by atoms with E-state index in [1.54, 1.807) is 12.1 Å². The average Bonchev–Trinajstić information content (AvgIpc) is 2.37. The van der Waals surface area contributed by atoms with Crippen LogP contribution in [0, 0.1) is 0 Å². The van der Waals surface area contributed by atoms with Crippen molar-refractivity contribution >= 4 is 10.0 Å². The van der Waals surface area contributed by atoms with Gasteiger partial charge in [0.05, 0.1) is 4.90 Å². The number of rotatable bonds is 8. The summed E-state index contributed by atoms with van der Waals surface area (Å²) in [7, 11) is -3.61. The van der Waals surface area contributed by atoms with Gasteiger partial charge in [-0.1, -0.05) is 12.1 Å². The lowest BCUT2D eigenvalue weighted by Crippen LogP contribution is -2.21. The zero-order valence-electron chi connectivity index (χ0n) is 11.4. The topological polar surface area (TPSA) is 81.4 Å². The Labute approximate surface area is 115 Å². The second-order valence-electron chi connectivity index (χ2n) is 4.34. The van der Waals surface area contributed by atoms with E-state index in [1.807, 2.05) is 13.8 Å². The third-order valence-corrected chi connectivity index (χ3v) is 3.76. The van der Waals surface area contributed by atoms with Gasteiger partial charge in [0.1, 0.15) is 0 Å². The minimum atomic E-state index is -3.61. The molecule has 5 nitrogen and oxygen atoms in total. The van der Waals surface area contributed by atoms with Crippen LogP contribution in [0.4, 0.5) is 0 Å². The molecule has 0 spiro atoms. The molecule has 0 saturated heterocycles. The maximum Gasteiger partial charge on any atom is 0.238 e. The summed E-state index contributed by atoms with van der Waals surface area (Å²) >= 11 is 0. The summed E-state index contributed by atoms with van der Waals surface area (Å²) in [6, 6.07) is 6.78. The minimum absolute atomic E-state index is 0.139. The normalized spacial score (nSPS) is 13.4. The summed E-state index contributed by atoms with van der Waals surface area (Å²) in [4.78, 5) is 0.139. The van der Waals surface area contributed by atoms with Gasteiger partial charge in [0, 0.05) is 19.3 Å². The van der Waals surface area contributed by atoms with Crippen molar-refractivity contribution in [3.63, 3.8) is 0 Å². The second-order valence-corrected chi connectivity index (χ2v) is 5.90. The number of ether oxygens (including phenoxy) is 1. The zero-order valence-corrected chi connectivity index (χ0v) is 12.2. The van der Waals surface area contributed by atoms with Crippen LogP contribution in [0.2, 0.25) is 0 Å². The first-order valence-electron chi connectivity index (χ1n) is 6.39. The number of benzene rings is 1. The molecule has 0 radical (unpaired) electrons. The van der Waals surface area contributed by atoms with Gasteiger partial charge in [-0.2, -0.15) is 0 Å². The van der Waals surface area contributed by atoms with E-state index >= 15 is 0 Å². The van der Waals surface area contributed by atoms with Crippen molar-refractivity contribution < 1.29 is 13.2 Å². The first-order chi connectivity index (χ1) is 8.95. The largest absolute Gasteiger partial charge is 0.382 e. The predicted octanol–water partition coefficient (Wildman–Crippen LogP) is 1.41. The van der Waals surface area contributed by atoms with Crippen LogP contribution in [0.3, 0.4) is 0 Å². The van der Waals surface area contributed by atoms with Gasteiger partial charge in [0.25, 0.3) is 0 Å². The van der Waals surface area contributed by atoms with E-state index in [-0.39, 0.29) is 10.9 Å². The highest BCUT2D eigenvalue weighted by molar-refractivity contribution is 7.89. The molecule has 0 aliphatic carbocycles. The number of nitrogens with one attached hydrogen (secondary N) is 1. The smallest absolute Gasteiger partial charge is 0.238 e. The van der Waals surface area contributed by atoms with Crippen molar-refractivity contribution in [1.82, 2.24) is 5.32 Å². The Morgan fingerprint density at radius 2 is 1.95 bits per heavy atom. The maximum absolute atomic E-state index is 11.1. The Hall–Kier alpha value is -0.950. The van der Waals surface area contributed by atoms with Gasteiger partial charge in [0.15, 0.2) is 0 Å². The van der Waals surface area contributed by atoms with Crippen LogP contribution in [0.25, 0.3) is 0 Å². The third kappa shape index (κ3) is 5.69. The van der Waals surface area contributed by atoms with E-state index in [9.17, 15) is 8.42 Å². The van der Waals surface area contributed by atoms with E-state index in [0.717, 1.165) is 31.7 Å². The molecule has 0 aliphatic rings. The average molecular weight is 286 g/mol. The molecule has 0 bridgehead atoms. The summed E-state index contributed by atoms with van der Waals surface area (Å²) in [6.07, 6.45) is 0.952. The first kappa shape index (κ1) is 16.1. The summed E-state index contributed by atoms with van der Waals surface area (Å²) < 4.78 is 27.5. The van der Waals surface area contributed by atoms with Crippen molar-refractivity contribution in [2.24, 2.45) is 5.14 Å². The number of hydrogen-bond acceptors (Lipinski definition) is 4. The number of hydrogen-bond donors (Lipinski definition) is 2. The van der Waals surface area contributed by atoms with E-state index < -0.39 is 10.0 Å². The maximum atomic E-state index is 11.1. The SMILES string of the molecule is CCOCCCNC(C)c1ccc(S(N)(=O)=O)cc1. The van der Waals surface area contributed by atoms with Crippen LogP contribution in [-0.4, -0.2) is 28.2 Å². The third-order valence-electron chi connectivity index (χ3n) is 2.83. The number of sulfonamides is 1. The van der Waals surface area contributed by atoms with E-state index in [4.69, 9.17) is 9.88 Å². The predicted molar refractivity (Wildman–Crippen MR) is 75.3 cm³/mol. The van der Waals surface area contributed by atoms with Crippen LogP contribution >= 0.6 is 0 Å². The lowest BCUT2D eigenvalue weighted by atomic mass is 10.1. The molecule has 0 amide bonds. The van der Waals surface area contributed by atoms with Gasteiger partial charge in [0.2, 0.25) is 10.0 Å². The molecule has 1 atom stereocenters. The van der Waals surface area contributed by atoms with Crippen molar-refractivity contribution in [3.05, 3.63) is 29.8 Å². The Morgan fingerprint density at radius 1 is 1.32 bits per heavy atom. The van der Waals surface area contributed by atoms with Gasteiger partial charge >= 0.3 is 0 Å². The molecular formula is C13H22N2O3S. The van der Waals surface area contributed by atoms with E-state index in [2.05, 4.69) is 5.32 Å². The van der Waals surface area contributed by atoms with Crippen LogP contribution in [0.15, 0.2) is 29.2 Å². The number of primary sulfonamides is 1. The molecule has 19 heavy (non-hydrogen) atoms. The molecule has 3 N–H and O–H groups in total. The van der Waals surface area contributed by atoms with Crippen molar-refractivity contribution in [2.45, 2.75) is 31.2 Å². The van der Waals surface area contributed by atoms with Crippen molar-refractivity contribution in [1.29, 1.82) is 0 Å². The standard InChI is InChI=1S/C13H22N2O3S/c1-3-18-10-4-9-15-11(2)12-5-7-13(8-6-12)19(14,16)17/h5-8,11,15H,3-4,9-10H2,1-2H3,(H2,14,16,17). The van der Waals surface area contributed by atoms with Crippen LogP contribution < -0.4 is 10.5 Å². The summed E-state index contributed by atoms with van der Waals surface area (Å²) in [6.45, 7) is 6.36. The highest BCUT2D eigenvalue weighted by Crippen LogP contribution is 2.15. The number of nitrogens with two attached hydrogens (primary N) is 1. The molecule has 0 aromatic heterocycles. The molecule has 1 aromatic carbocycles. The fraction of sp³-hybridized carbons (Fsp3) is 0.538. The first-order valence-corrected chi connectivity index (χ1v) is 7.93. The summed E-state index contributed by atoms with van der Waals surface area (Å²) in [5.41, 5.74) is 1.03. The Balaban J connectivity index is 2.47. The summed E-state index contributed by atoms with van der Waals surface area (Å²) in [5.74, 6) is 0. The highest BCUT2D eigenvalue weighted by atomic mass is 32.2. The molecular weight excluding hydrogens is 264 g/mol. The molecule has 0 aliphatic heterocycles. The quantitative estimate of drug-likeness (QED) is 0.708. The van der Waals surface area contributed by atoms with Gasteiger partial charge < -0.3 is 10.1 Å². The fourth-order valence-electron chi connectivity index (χ4n) is 1.70. The molecule has 1 rings (SSSR count). The molecule has 6 heteroatoms. The second kappa shape index (κ2) is 7.59. The fourth-order valence-corrected chi connectivity index (χ4v) is 2.22. The van der Waals surface area contributed by atoms with Gasteiger partial charge in [-0.3, -0.25) is 0 Å². The van der Waals surface area contributed by atoms with Crippen molar-refractivity contribution in [3.8, 4) is 0 Å². The van der Waals surface area contributed by atoms with Gasteiger partial charge in [-0.15, -0.1) is 0 Å². The Kier molecular flexibility index (Phi) is 6.44. The van der Waals surface area contributed by atoms with E-state index in [0.29, 0.717) is 0 Å². The Morgan fingerprint density at radius 3 is 2.47 bits per heavy atom. The van der Waals surface area contributed by atoms with Crippen LogP contribution in [0.1, 0.15) is 31.9 Å². The highest BCUT2D eigenvalue weighted by Gasteiger charge is 2.09. The molecule has 0 heterocycles. The van der Waals surface area contributed by atoms with Crippen molar-refractivity contribution in [2.75, 3.05) is 19.8 Å². The molecule has 108 valence electrons. The van der Waals surface area contributed by atoms with Gasteiger partial charge in [-0.05, 0) is 44.5 Å². The molecule has 1 unspecified atom stereocenters. The molecule has 1 aromatic rings. The molecule has 0 fully saturated rings. The lowest BCUT2D eigenvalue weighted by molar-refractivity contribution is 0.144. The van der Waals surface area contributed by atoms with Gasteiger partial charge in [-0.25, -0.2) is 13.6 Å². The molecule has 0 saturated carbocycles. The minimum Gasteiger partial charge on any atom is -0.382 e. The monoisotopic (exact) mass is 286 g/mol. The van der Waals surface area contributed by atoms with Crippen LogP contribution in [0.5, 0.6) is 0 Å². The van der Waals surface area contributed by atoms with Crippen LogP contribution in [-0.2, 0) is 14.8 Å². The Bertz CT molecular complexity index is 471. The lowest BCUT2D eigenvalue weighted by Gasteiger charge is -2.14. The van der Waals surface area contributed by atoms with E-state index in [1.165, 1.54) is 12.1 Å².